The van der Waals surface area contributed by atoms with Crippen molar-refractivity contribution in [3.8, 4) is 11.3 Å². The summed E-state index contributed by atoms with van der Waals surface area (Å²) in [4.78, 5) is 29.7. The van der Waals surface area contributed by atoms with Gasteiger partial charge in [0.1, 0.15) is 0 Å². The Labute approximate surface area is 180 Å². The summed E-state index contributed by atoms with van der Waals surface area (Å²) in [7, 11) is 0. The summed E-state index contributed by atoms with van der Waals surface area (Å²) < 4.78 is 0. The highest BCUT2D eigenvalue weighted by Crippen LogP contribution is 2.27. The first-order valence-electron chi connectivity index (χ1n) is 9.71. The molecule has 2 aromatic carbocycles. The molecule has 0 aliphatic carbocycles. The number of aromatic nitrogens is 1. The number of carbonyl (C=O) groups is 2. The predicted molar refractivity (Wildman–Crippen MR) is 122 cm³/mol. The lowest BCUT2D eigenvalue weighted by Gasteiger charge is -2.21. The second-order valence-corrected chi connectivity index (χ2v) is 7.72. The maximum atomic E-state index is 12.9. The Hall–Kier alpha value is -3.39. The average Bonchev–Trinajstić information content (AvgIpc) is 3.22. The summed E-state index contributed by atoms with van der Waals surface area (Å²) in [6.07, 6.45) is 0.789. The molecule has 0 aliphatic rings. The van der Waals surface area contributed by atoms with Crippen LogP contribution in [0.15, 0.2) is 53.9 Å². The molecule has 8 heteroatoms. The second kappa shape index (κ2) is 9.89. The number of benzene rings is 2. The summed E-state index contributed by atoms with van der Waals surface area (Å²) in [6.45, 7) is 6.45. The standard InChI is InChI=1S/C22H25N5O2S/c1-4-13-23-20(28)26-27(21(29)24-18-11-7-16(3)8-12-18)22-25-19(14-30-22)17-9-5-15(2)6-10-17/h5-12,14H,4,13H2,1-3H3,(H,24,29)(H2,23,26,28). The van der Waals surface area contributed by atoms with Crippen LogP contribution in [0.3, 0.4) is 0 Å². The fourth-order valence-corrected chi connectivity index (χ4v) is 3.40. The van der Waals surface area contributed by atoms with Gasteiger partial charge < -0.3 is 10.6 Å². The molecule has 0 radical (unpaired) electrons. The zero-order valence-electron chi connectivity index (χ0n) is 17.2. The number of amides is 4. The van der Waals surface area contributed by atoms with Gasteiger partial charge in [0.25, 0.3) is 0 Å². The van der Waals surface area contributed by atoms with Crippen molar-refractivity contribution < 1.29 is 9.59 Å². The molecule has 4 amide bonds. The molecule has 0 saturated heterocycles. The highest BCUT2D eigenvalue weighted by atomic mass is 32.1. The van der Waals surface area contributed by atoms with Crippen molar-refractivity contribution in [1.29, 1.82) is 0 Å². The zero-order chi connectivity index (χ0) is 21.5. The molecule has 30 heavy (non-hydrogen) atoms. The molecule has 0 bridgehead atoms. The van der Waals surface area contributed by atoms with Gasteiger partial charge in [0.05, 0.1) is 5.69 Å². The fraction of sp³-hybridized carbons (Fsp3) is 0.227. The van der Waals surface area contributed by atoms with Crippen LogP contribution >= 0.6 is 11.3 Å². The summed E-state index contributed by atoms with van der Waals surface area (Å²) >= 11 is 1.28. The molecule has 0 aliphatic heterocycles. The van der Waals surface area contributed by atoms with Gasteiger partial charge in [-0.3, -0.25) is 0 Å². The summed E-state index contributed by atoms with van der Waals surface area (Å²) in [5, 5.41) is 8.86. The molecule has 0 atom stereocenters. The molecule has 0 saturated carbocycles. The molecule has 0 spiro atoms. The van der Waals surface area contributed by atoms with Crippen molar-refractivity contribution >= 4 is 34.2 Å². The van der Waals surface area contributed by atoms with Gasteiger partial charge in [-0.15, -0.1) is 11.3 Å². The van der Waals surface area contributed by atoms with Crippen LogP contribution in [0.5, 0.6) is 0 Å². The van der Waals surface area contributed by atoms with Crippen LogP contribution in [0.25, 0.3) is 11.3 Å². The first-order chi connectivity index (χ1) is 14.5. The van der Waals surface area contributed by atoms with Crippen molar-refractivity contribution in [2.75, 3.05) is 16.9 Å². The van der Waals surface area contributed by atoms with Gasteiger partial charge in [0.15, 0.2) is 0 Å². The lowest BCUT2D eigenvalue weighted by atomic mass is 10.1. The minimum absolute atomic E-state index is 0.363. The third-order valence-corrected chi connectivity index (χ3v) is 5.11. The van der Waals surface area contributed by atoms with E-state index in [4.69, 9.17) is 0 Å². The van der Waals surface area contributed by atoms with Crippen LogP contribution < -0.4 is 21.1 Å². The Morgan fingerprint density at radius 3 is 2.27 bits per heavy atom. The number of carbonyl (C=O) groups excluding carboxylic acids is 2. The smallest absolute Gasteiger partial charge is 0.337 e. The van der Waals surface area contributed by atoms with Gasteiger partial charge >= 0.3 is 12.1 Å². The predicted octanol–water partition coefficient (Wildman–Crippen LogP) is 5.09. The maximum absolute atomic E-state index is 12.9. The second-order valence-electron chi connectivity index (χ2n) is 6.88. The fourth-order valence-electron chi connectivity index (χ4n) is 2.61. The van der Waals surface area contributed by atoms with Crippen molar-refractivity contribution in [1.82, 2.24) is 15.7 Å². The van der Waals surface area contributed by atoms with Crippen molar-refractivity contribution in [2.24, 2.45) is 0 Å². The molecule has 1 heterocycles. The van der Waals surface area contributed by atoms with E-state index in [1.165, 1.54) is 11.3 Å². The van der Waals surface area contributed by atoms with Crippen LogP contribution in [0, 0.1) is 13.8 Å². The van der Waals surface area contributed by atoms with Gasteiger partial charge in [-0.05, 0) is 32.4 Å². The van der Waals surface area contributed by atoms with E-state index in [9.17, 15) is 9.59 Å². The zero-order valence-corrected chi connectivity index (χ0v) is 18.0. The highest BCUT2D eigenvalue weighted by molar-refractivity contribution is 7.14. The Bertz CT molecular complexity index is 999. The van der Waals surface area contributed by atoms with E-state index in [2.05, 4.69) is 21.0 Å². The number of aryl methyl sites for hydroxylation is 2. The third kappa shape index (κ3) is 5.57. The Kier molecular flexibility index (Phi) is 7.03. The summed E-state index contributed by atoms with van der Waals surface area (Å²) in [5.74, 6) is 0. The lowest BCUT2D eigenvalue weighted by Crippen LogP contribution is -2.52. The molecule has 7 nitrogen and oxygen atoms in total. The monoisotopic (exact) mass is 423 g/mol. The number of thiazole rings is 1. The molecule has 0 unspecified atom stereocenters. The Morgan fingerprint density at radius 1 is 1.00 bits per heavy atom. The molecule has 3 N–H and O–H groups in total. The summed E-state index contributed by atoms with van der Waals surface area (Å²) in [6, 6.07) is 14.4. The van der Waals surface area contributed by atoms with Crippen molar-refractivity contribution in [3.63, 3.8) is 0 Å². The van der Waals surface area contributed by atoms with Gasteiger partial charge in [-0.2, -0.15) is 5.01 Å². The van der Waals surface area contributed by atoms with E-state index in [1.54, 1.807) is 0 Å². The largest absolute Gasteiger partial charge is 0.347 e. The first-order valence-corrected chi connectivity index (χ1v) is 10.6. The quantitative estimate of drug-likeness (QED) is 0.500. The van der Waals surface area contributed by atoms with E-state index in [0.29, 0.717) is 17.4 Å². The van der Waals surface area contributed by atoms with Crippen molar-refractivity contribution in [3.05, 3.63) is 65.0 Å². The first kappa shape index (κ1) is 21.3. The summed E-state index contributed by atoms with van der Waals surface area (Å²) in [5.41, 5.74) is 7.14. The normalized spacial score (nSPS) is 10.4. The van der Waals surface area contributed by atoms with Gasteiger partial charge in [-0.1, -0.05) is 54.4 Å². The lowest BCUT2D eigenvalue weighted by molar-refractivity contribution is 0.235. The van der Waals surface area contributed by atoms with Crippen LogP contribution in [-0.4, -0.2) is 23.6 Å². The molecule has 1 aromatic heterocycles. The van der Waals surface area contributed by atoms with E-state index in [0.717, 1.165) is 33.8 Å². The minimum Gasteiger partial charge on any atom is -0.337 e. The van der Waals surface area contributed by atoms with E-state index in [1.807, 2.05) is 74.7 Å². The number of nitrogens with one attached hydrogen (secondary N) is 3. The Balaban J connectivity index is 1.83. The molecule has 156 valence electrons. The molecular weight excluding hydrogens is 398 g/mol. The van der Waals surface area contributed by atoms with Gasteiger partial charge in [-0.25, -0.2) is 20.0 Å². The molecular formula is C22H25N5O2S. The minimum atomic E-state index is -0.504. The van der Waals surface area contributed by atoms with E-state index < -0.39 is 12.1 Å². The van der Waals surface area contributed by atoms with E-state index >= 15 is 0 Å². The van der Waals surface area contributed by atoms with Crippen LogP contribution in [0.4, 0.5) is 20.4 Å². The van der Waals surface area contributed by atoms with Crippen LogP contribution in [0.2, 0.25) is 0 Å². The number of hydrazine groups is 1. The average molecular weight is 424 g/mol. The number of rotatable bonds is 5. The maximum Gasteiger partial charge on any atom is 0.347 e. The van der Waals surface area contributed by atoms with Gasteiger partial charge in [0, 0.05) is 23.2 Å². The highest BCUT2D eigenvalue weighted by Gasteiger charge is 2.22. The number of hydrogen-bond acceptors (Lipinski definition) is 4. The number of anilines is 2. The van der Waals surface area contributed by atoms with E-state index in [-0.39, 0.29) is 0 Å². The van der Waals surface area contributed by atoms with Crippen LogP contribution in [0.1, 0.15) is 24.5 Å². The topological polar surface area (TPSA) is 86.4 Å². The van der Waals surface area contributed by atoms with Crippen LogP contribution in [-0.2, 0) is 0 Å². The number of nitrogens with zero attached hydrogens (tertiary/aromatic N) is 2. The Morgan fingerprint density at radius 2 is 1.63 bits per heavy atom. The third-order valence-electron chi connectivity index (χ3n) is 4.29. The molecule has 0 fully saturated rings. The number of urea groups is 2. The SMILES string of the molecule is CCCNC(=O)NN(C(=O)Nc1ccc(C)cc1)c1nc(-c2ccc(C)cc2)cs1. The van der Waals surface area contributed by atoms with Crippen molar-refractivity contribution in [2.45, 2.75) is 27.2 Å². The molecule has 3 rings (SSSR count). The van der Waals surface area contributed by atoms with Gasteiger partial charge in [0.2, 0.25) is 5.13 Å². The number of hydrogen-bond donors (Lipinski definition) is 3. The molecule has 3 aromatic rings.